The molecule has 11 heteroatoms. The summed E-state index contributed by atoms with van der Waals surface area (Å²) < 4.78 is 1.73. The molecule has 0 aliphatic carbocycles. The molecule has 1 aromatic heterocycles. The zero-order valence-electron chi connectivity index (χ0n) is 21.8. The molecule has 2 aromatic carbocycles. The third-order valence-electron chi connectivity index (χ3n) is 5.82. The van der Waals surface area contributed by atoms with E-state index < -0.39 is 0 Å². The van der Waals surface area contributed by atoms with Gasteiger partial charge in [-0.05, 0) is 47.5 Å². The van der Waals surface area contributed by atoms with Crippen molar-refractivity contribution >= 4 is 69.1 Å². The van der Waals surface area contributed by atoms with Crippen LogP contribution in [0.4, 0.5) is 17.2 Å². The number of nitrogens with zero attached hydrogens (tertiary/aromatic N) is 3. The van der Waals surface area contributed by atoms with E-state index in [1.165, 1.54) is 0 Å². The number of aryl methyl sites for hydroxylation is 1. The molecule has 0 saturated carbocycles. The Labute approximate surface area is 237 Å². The number of hydrogen-bond donors (Lipinski definition) is 2. The second kappa shape index (κ2) is 12.7. The fourth-order valence-corrected chi connectivity index (χ4v) is 3.95. The van der Waals surface area contributed by atoms with Crippen LogP contribution >= 0.6 is 34.8 Å². The van der Waals surface area contributed by atoms with E-state index in [0.717, 1.165) is 16.9 Å². The molecule has 8 nitrogen and oxygen atoms in total. The average molecular weight is 579 g/mol. The summed E-state index contributed by atoms with van der Waals surface area (Å²) in [5.41, 5.74) is 3.50. The Morgan fingerprint density at radius 2 is 1.74 bits per heavy atom. The number of rotatable bonds is 5. The van der Waals surface area contributed by atoms with Crippen LogP contribution in [-0.4, -0.2) is 26.8 Å². The van der Waals surface area contributed by atoms with Crippen molar-refractivity contribution in [2.75, 3.05) is 10.2 Å². The van der Waals surface area contributed by atoms with Crippen LogP contribution in [0.15, 0.2) is 42.6 Å². The van der Waals surface area contributed by atoms with Gasteiger partial charge < -0.3 is 15.5 Å². The molecule has 0 saturated heterocycles. The molecule has 1 aliphatic rings. The summed E-state index contributed by atoms with van der Waals surface area (Å²) in [6.45, 7) is 7.82. The number of carbonyl (C=O) groups excluding carboxylic acids is 3. The minimum absolute atomic E-state index is 0.0216. The van der Waals surface area contributed by atoms with Gasteiger partial charge in [0, 0.05) is 46.6 Å². The molecule has 0 unspecified atom stereocenters. The third-order valence-corrected chi connectivity index (χ3v) is 6.85. The van der Waals surface area contributed by atoms with Crippen molar-refractivity contribution in [3.63, 3.8) is 0 Å². The molecule has 0 atom stereocenters. The SMILES string of the molecule is CC(C)C(=O)Cl.CC(C)C(=O)NCc1ccc(C(=O)N2Cc3cnn(C)c3Nc3cc(Cl)ccc32)cc1Cl. The molecule has 38 heavy (non-hydrogen) atoms. The Bertz CT molecular complexity index is 1350. The first kappa shape index (κ1) is 29.5. The molecule has 3 aromatic rings. The zero-order valence-corrected chi connectivity index (χ0v) is 24.1. The molecular formula is C27H30Cl3N5O3. The van der Waals surface area contributed by atoms with Gasteiger partial charge in [-0.2, -0.15) is 5.10 Å². The van der Waals surface area contributed by atoms with E-state index in [1.54, 1.807) is 60.0 Å². The summed E-state index contributed by atoms with van der Waals surface area (Å²) in [7, 11) is 1.84. The number of aromatic nitrogens is 2. The minimum atomic E-state index is -0.269. The van der Waals surface area contributed by atoms with Crippen molar-refractivity contribution < 1.29 is 14.4 Å². The van der Waals surface area contributed by atoms with Gasteiger partial charge in [-0.25, -0.2) is 0 Å². The molecule has 0 fully saturated rings. The molecule has 0 bridgehead atoms. The van der Waals surface area contributed by atoms with Gasteiger partial charge in [0.15, 0.2) is 0 Å². The summed E-state index contributed by atoms with van der Waals surface area (Å²) >= 11 is 17.6. The molecule has 202 valence electrons. The van der Waals surface area contributed by atoms with Gasteiger partial charge in [0.1, 0.15) is 5.82 Å². The van der Waals surface area contributed by atoms with Crippen LogP contribution in [-0.2, 0) is 29.7 Å². The average Bonchev–Trinajstić information content (AvgIpc) is 3.11. The smallest absolute Gasteiger partial charge is 0.258 e. The molecule has 0 spiro atoms. The van der Waals surface area contributed by atoms with Crippen LogP contribution in [0.2, 0.25) is 10.0 Å². The van der Waals surface area contributed by atoms with Crippen LogP contribution in [0.3, 0.4) is 0 Å². The van der Waals surface area contributed by atoms with Gasteiger partial charge in [-0.1, -0.05) is 57.0 Å². The molecule has 2 N–H and O–H groups in total. The van der Waals surface area contributed by atoms with Gasteiger partial charge in [0.05, 0.1) is 24.1 Å². The van der Waals surface area contributed by atoms with E-state index in [2.05, 4.69) is 15.7 Å². The van der Waals surface area contributed by atoms with Gasteiger partial charge in [0.2, 0.25) is 11.1 Å². The second-order valence-corrected chi connectivity index (χ2v) is 10.7. The number of benzene rings is 2. The maximum atomic E-state index is 13.5. The Balaban J connectivity index is 0.000000599. The van der Waals surface area contributed by atoms with E-state index in [9.17, 15) is 14.4 Å². The number of halogens is 3. The summed E-state index contributed by atoms with van der Waals surface area (Å²) in [5.74, 6) is 0.412. The van der Waals surface area contributed by atoms with E-state index >= 15 is 0 Å². The summed E-state index contributed by atoms with van der Waals surface area (Å²) in [6, 6.07) is 10.5. The second-order valence-electron chi connectivity index (χ2n) is 9.46. The maximum Gasteiger partial charge on any atom is 0.258 e. The number of nitrogens with one attached hydrogen (secondary N) is 2. The van der Waals surface area contributed by atoms with Crippen molar-refractivity contribution in [1.29, 1.82) is 0 Å². The zero-order chi connectivity index (χ0) is 28.1. The first-order valence-electron chi connectivity index (χ1n) is 12.0. The molecule has 4 rings (SSSR count). The predicted octanol–water partition coefficient (Wildman–Crippen LogP) is 6.31. The predicted molar refractivity (Wildman–Crippen MR) is 152 cm³/mol. The highest BCUT2D eigenvalue weighted by Crippen LogP contribution is 2.38. The van der Waals surface area contributed by atoms with Crippen molar-refractivity contribution in [3.05, 3.63) is 69.3 Å². The van der Waals surface area contributed by atoms with Gasteiger partial charge >= 0.3 is 0 Å². The monoisotopic (exact) mass is 577 g/mol. The Morgan fingerprint density at radius 3 is 2.34 bits per heavy atom. The Morgan fingerprint density at radius 1 is 1.05 bits per heavy atom. The van der Waals surface area contributed by atoms with Gasteiger partial charge in [0.25, 0.3) is 5.91 Å². The van der Waals surface area contributed by atoms with E-state index in [-0.39, 0.29) is 28.9 Å². The summed E-state index contributed by atoms with van der Waals surface area (Å²) in [5, 5.41) is 11.2. The highest BCUT2D eigenvalue weighted by molar-refractivity contribution is 6.63. The van der Waals surface area contributed by atoms with Gasteiger partial charge in [-0.15, -0.1) is 0 Å². The molecular weight excluding hydrogens is 549 g/mol. The van der Waals surface area contributed by atoms with Crippen LogP contribution in [0, 0.1) is 11.8 Å². The van der Waals surface area contributed by atoms with Crippen LogP contribution < -0.4 is 15.5 Å². The summed E-state index contributed by atoms with van der Waals surface area (Å²) in [4.78, 5) is 37.0. The molecule has 2 amide bonds. The number of carbonyl (C=O) groups is 3. The van der Waals surface area contributed by atoms with Crippen molar-refractivity contribution in [1.82, 2.24) is 15.1 Å². The maximum absolute atomic E-state index is 13.5. The lowest BCUT2D eigenvalue weighted by atomic mass is 10.1. The highest BCUT2D eigenvalue weighted by atomic mass is 35.5. The van der Waals surface area contributed by atoms with Crippen molar-refractivity contribution in [2.45, 2.75) is 40.8 Å². The summed E-state index contributed by atoms with van der Waals surface area (Å²) in [6.07, 6.45) is 1.74. The normalized spacial score (nSPS) is 12.1. The Hall–Kier alpha value is -3.07. The molecule has 1 aliphatic heterocycles. The van der Waals surface area contributed by atoms with Crippen LogP contribution in [0.5, 0.6) is 0 Å². The lowest BCUT2D eigenvalue weighted by Crippen LogP contribution is -2.30. The fourth-order valence-electron chi connectivity index (χ4n) is 3.53. The quantitative estimate of drug-likeness (QED) is 0.346. The number of anilines is 3. The van der Waals surface area contributed by atoms with Crippen LogP contribution in [0.1, 0.15) is 49.2 Å². The van der Waals surface area contributed by atoms with E-state index in [4.69, 9.17) is 34.8 Å². The van der Waals surface area contributed by atoms with Crippen molar-refractivity contribution in [2.24, 2.45) is 18.9 Å². The first-order chi connectivity index (χ1) is 17.9. The largest absolute Gasteiger partial charge is 0.352 e. The van der Waals surface area contributed by atoms with E-state index in [0.29, 0.717) is 40.1 Å². The van der Waals surface area contributed by atoms with Gasteiger partial charge in [-0.3, -0.25) is 19.1 Å². The van der Waals surface area contributed by atoms with Crippen molar-refractivity contribution in [3.8, 4) is 0 Å². The number of fused-ring (bicyclic) bond motifs is 2. The highest BCUT2D eigenvalue weighted by Gasteiger charge is 2.27. The number of amides is 2. The lowest BCUT2D eigenvalue weighted by molar-refractivity contribution is -0.124. The number of hydrogen-bond acceptors (Lipinski definition) is 5. The molecule has 2 heterocycles. The topological polar surface area (TPSA) is 96.3 Å². The standard InChI is InChI=1S/C23H23Cl2N5O2.C4H7ClO/c1-13(2)22(31)26-10-15-5-4-14(8-18(15)25)23(32)30-12-16-11-27-29(3)21(16)28-19-9-17(24)6-7-20(19)30;1-3(2)4(5)6/h4-9,11,13,28H,10,12H2,1-3H3,(H,26,31);3H,1-2H3. The van der Waals surface area contributed by atoms with Crippen LogP contribution in [0.25, 0.3) is 0 Å². The Kier molecular flexibility index (Phi) is 9.82. The molecule has 0 radical (unpaired) electrons. The minimum Gasteiger partial charge on any atom is -0.352 e. The fraction of sp³-hybridized carbons (Fsp3) is 0.333. The first-order valence-corrected chi connectivity index (χ1v) is 13.2. The van der Waals surface area contributed by atoms with E-state index in [1.807, 2.05) is 27.0 Å². The lowest BCUT2D eigenvalue weighted by Gasteiger charge is -2.23. The third kappa shape index (κ3) is 7.07.